The summed E-state index contributed by atoms with van der Waals surface area (Å²) in [6.45, 7) is 1.64. The number of halogens is 2. The molecule has 0 spiro atoms. The molecule has 2 N–H and O–H groups in total. The third-order valence-corrected chi connectivity index (χ3v) is 9.96. The molecular formula is C30H28ClFN4O5S2. The minimum Gasteiger partial charge on any atom is -0.267 e. The van der Waals surface area contributed by atoms with Crippen molar-refractivity contribution in [1.82, 2.24) is 14.5 Å². The van der Waals surface area contributed by atoms with Gasteiger partial charge < -0.3 is 0 Å². The van der Waals surface area contributed by atoms with Crippen LogP contribution in [-0.4, -0.2) is 39.8 Å². The number of hydrogen-bond donors (Lipinski definition) is 2. The molecule has 4 aromatic rings. The van der Waals surface area contributed by atoms with Crippen molar-refractivity contribution in [2.75, 3.05) is 7.05 Å². The average Bonchev–Trinajstić information content (AvgIpc) is 3.01. The number of hydrazone groups is 1. The van der Waals surface area contributed by atoms with E-state index in [4.69, 9.17) is 11.6 Å². The highest BCUT2D eigenvalue weighted by Crippen LogP contribution is 2.23. The summed E-state index contributed by atoms with van der Waals surface area (Å²) < 4.78 is 67.9. The minimum absolute atomic E-state index is 0.0106. The summed E-state index contributed by atoms with van der Waals surface area (Å²) in [6, 6.07) is 23.8. The molecule has 9 nitrogen and oxygen atoms in total. The molecule has 0 atom stereocenters. The van der Waals surface area contributed by atoms with Crippen molar-refractivity contribution >= 4 is 43.3 Å². The van der Waals surface area contributed by atoms with E-state index in [9.17, 15) is 26.0 Å². The van der Waals surface area contributed by atoms with Crippen LogP contribution < -0.4 is 10.1 Å². The molecule has 0 bridgehead atoms. The lowest BCUT2D eigenvalue weighted by Gasteiger charge is -2.23. The number of amides is 1. The minimum atomic E-state index is -3.96. The van der Waals surface area contributed by atoms with Gasteiger partial charge in [0, 0.05) is 23.7 Å². The Labute approximate surface area is 255 Å². The van der Waals surface area contributed by atoms with Crippen LogP contribution in [0.1, 0.15) is 34.0 Å². The maximum atomic E-state index is 13.5. The van der Waals surface area contributed by atoms with Gasteiger partial charge in [-0.15, -0.1) is 0 Å². The van der Waals surface area contributed by atoms with E-state index < -0.39 is 31.8 Å². The van der Waals surface area contributed by atoms with E-state index in [2.05, 4.69) is 15.2 Å². The summed E-state index contributed by atoms with van der Waals surface area (Å²) in [7, 11) is -6.21. The summed E-state index contributed by atoms with van der Waals surface area (Å²) >= 11 is 5.95. The molecule has 0 aliphatic rings. The van der Waals surface area contributed by atoms with Crippen molar-refractivity contribution in [3.8, 4) is 0 Å². The second-order valence-corrected chi connectivity index (χ2v) is 13.7. The van der Waals surface area contributed by atoms with Crippen molar-refractivity contribution in [1.29, 1.82) is 0 Å². The van der Waals surface area contributed by atoms with E-state index in [0.29, 0.717) is 33.0 Å². The molecule has 4 rings (SSSR count). The molecule has 0 aliphatic carbocycles. The second kappa shape index (κ2) is 13.6. The highest BCUT2D eigenvalue weighted by molar-refractivity contribution is 7.89. The van der Waals surface area contributed by atoms with Crippen molar-refractivity contribution in [3.63, 3.8) is 0 Å². The topological polar surface area (TPSA) is 125 Å². The van der Waals surface area contributed by atoms with Crippen LogP contribution in [0.4, 0.5) is 4.39 Å². The van der Waals surface area contributed by atoms with Gasteiger partial charge in [-0.25, -0.2) is 31.4 Å². The third-order valence-electron chi connectivity index (χ3n) is 6.47. The van der Waals surface area contributed by atoms with Crippen LogP contribution in [0.3, 0.4) is 0 Å². The van der Waals surface area contributed by atoms with Gasteiger partial charge in [0.25, 0.3) is 5.91 Å². The predicted molar refractivity (Wildman–Crippen MR) is 163 cm³/mol. The van der Waals surface area contributed by atoms with Crippen LogP contribution in [0.25, 0.3) is 0 Å². The maximum Gasteiger partial charge on any atom is 0.271 e. The van der Waals surface area contributed by atoms with Gasteiger partial charge in [-0.1, -0.05) is 48.0 Å². The van der Waals surface area contributed by atoms with Gasteiger partial charge in [0.1, 0.15) is 5.82 Å². The Hall–Kier alpha value is -3.94. The molecule has 0 saturated heterocycles. The maximum absolute atomic E-state index is 13.5. The number of rotatable bonds is 11. The molecule has 0 unspecified atom stereocenters. The van der Waals surface area contributed by atoms with E-state index in [1.807, 2.05) is 0 Å². The molecule has 0 heterocycles. The van der Waals surface area contributed by atoms with Crippen LogP contribution in [0.2, 0.25) is 5.02 Å². The Bertz CT molecular complexity index is 1830. The SMILES string of the molecule is CNS(=O)(=O)c1ccc(/C(C)=N\NC(=O)c2ccc(CN(Cc3ccc(F)cc3)S(=O)(=O)c3ccc(Cl)cc3)cc2)cc1. The quantitative estimate of drug-likeness (QED) is 0.177. The molecule has 4 aromatic carbocycles. The van der Waals surface area contributed by atoms with Crippen molar-refractivity contribution in [2.24, 2.45) is 5.10 Å². The number of nitrogens with zero attached hydrogens (tertiary/aromatic N) is 2. The van der Waals surface area contributed by atoms with Gasteiger partial charge in [0.05, 0.1) is 15.5 Å². The highest BCUT2D eigenvalue weighted by Gasteiger charge is 2.25. The lowest BCUT2D eigenvalue weighted by molar-refractivity contribution is 0.0954. The standard InChI is InChI=1S/C30H28ClFN4O5S2/c1-21(24-9-15-28(16-10-24)42(38,39)33-2)34-35-30(37)25-7-3-22(4-8-25)19-36(20-23-5-13-27(32)14-6-23)43(40,41)29-17-11-26(31)12-18-29/h3-18,33H,19-20H2,1-2H3,(H,35,37)/b34-21-. The van der Waals surface area contributed by atoms with E-state index >= 15 is 0 Å². The normalized spacial score (nSPS) is 12.3. The Kier molecular flexibility index (Phi) is 10.1. The number of carbonyl (C=O) groups is 1. The lowest BCUT2D eigenvalue weighted by Crippen LogP contribution is -2.30. The fraction of sp³-hybridized carbons (Fsp3) is 0.133. The van der Waals surface area contributed by atoms with Gasteiger partial charge in [0.15, 0.2) is 0 Å². The zero-order chi connectivity index (χ0) is 31.2. The smallest absolute Gasteiger partial charge is 0.267 e. The summed E-state index contributed by atoms with van der Waals surface area (Å²) in [5.41, 5.74) is 5.06. The Morgan fingerprint density at radius 2 is 1.26 bits per heavy atom. The molecular weight excluding hydrogens is 615 g/mol. The Balaban J connectivity index is 1.49. The molecule has 13 heteroatoms. The Morgan fingerprint density at radius 1 is 0.767 bits per heavy atom. The first-order chi connectivity index (χ1) is 20.4. The first kappa shape index (κ1) is 32.0. The molecule has 0 aromatic heterocycles. The van der Waals surface area contributed by atoms with Gasteiger partial charge in [-0.2, -0.15) is 9.41 Å². The number of benzene rings is 4. The number of nitrogens with one attached hydrogen (secondary N) is 2. The molecule has 224 valence electrons. The first-order valence-electron chi connectivity index (χ1n) is 12.9. The first-order valence-corrected chi connectivity index (χ1v) is 16.2. The average molecular weight is 643 g/mol. The van der Waals surface area contributed by atoms with Crippen LogP contribution in [0.15, 0.2) is 112 Å². The van der Waals surface area contributed by atoms with Crippen LogP contribution >= 0.6 is 11.6 Å². The number of carbonyl (C=O) groups excluding carboxylic acids is 1. The van der Waals surface area contributed by atoms with Gasteiger partial charge in [-0.05, 0) is 91.3 Å². The summed E-state index contributed by atoms with van der Waals surface area (Å²) in [5, 5.41) is 4.51. The fourth-order valence-electron chi connectivity index (χ4n) is 4.00. The van der Waals surface area contributed by atoms with E-state index in [0.717, 1.165) is 0 Å². The lowest BCUT2D eigenvalue weighted by atomic mass is 10.1. The van der Waals surface area contributed by atoms with Gasteiger partial charge >= 0.3 is 0 Å². The van der Waals surface area contributed by atoms with Crippen molar-refractivity contribution in [2.45, 2.75) is 29.8 Å². The molecule has 0 radical (unpaired) electrons. The predicted octanol–water partition coefficient (Wildman–Crippen LogP) is 4.93. The zero-order valence-corrected chi connectivity index (χ0v) is 25.5. The fourth-order valence-corrected chi connectivity index (χ4v) is 6.27. The van der Waals surface area contributed by atoms with Gasteiger partial charge in [-0.3, -0.25) is 4.79 Å². The molecule has 1 amide bonds. The molecule has 0 aliphatic heterocycles. The largest absolute Gasteiger partial charge is 0.271 e. The van der Waals surface area contributed by atoms with Crippen molar-refractivity contribution < 1.29 is 26.0 Å². The molecule has 43 heavy (non-hydrogen) atoms. The van der Waals surface area contributed by atoms with Crippen molar-refractivity contribution in [3.05, 3.63) is 130 Å². The van der Waals surface area contributed by atoms with Crippen LogP contribution in [-0.2, 0) is 33.1 Å². The Morgan fingerprint density at radius 3 is 1.79 bits per heavy atom. The third kappa shape index (κ3) is 8.12. The number of hydrogen-bond acceptors (Lipinski definition) is 6. The molecule has 0 saturated carbocycles. The van der Waals surface area contributed by atoms with E-state index in [-0.39, 0.29) is 22.9 Å². The zero-order valence-electron chi connectivity index (χ0n) is 23.2. The van der Waals surface area contributed by atoms with Gasteiger partial charge in [0.2, 0.25) is 20.0 Å². The van der Waals surface area contributed by atoms with Crippen LogP contribution in [0, 0.1) is 5.82 Å². The van der Waals surface area contributed by atoms with Crippen LogP contribution in [0.5, 0.6) is 0 Å². The van der Waals surface area contributed by atoms with E-state index in [1.54, 1.807) is 43.3 Å². The monoisotopic (exact) mass is 642 g/mol. The summed E-state index contributed by atoms with van der Waals surface area (Å²) in [4.78, 5) is 12.9. The highest BCUT2D eigenvalue weighted by atomic mass is 35.5. The molecule has 0 fully saturated rings. The summed E-state index contributed by atoms with van der Waals surface area (Å²) in [5.74, 6) is -0.917. The van der Waals surface area contributed by atoms with E-state index in [1.165, 1.54) is 72.0 Å². The number of sulfonamides is 2. The second-order valence-electron chi connectivity index (χ2n) is 9.42. The summed E-state index contributed by atoms with van der Waals surface area (Å²) in [6.07, 6.45) is 0.